The Morgan fingerprint density at radius 1 is 0.644 bits per heavy atom. The van der Waals surface area contributed by atoms with E-state index in [-0.39, 0.29) is 5.41 Å². The van der Waals surface area contributed by atoms with Crippen LogP contribution in [-0.2, 0) is 28.4 Å². The number of nitrogens with zero attached hydrogens (tertiary/aromatic N) is 1. The number of aliphatic hydroxyl groups is 9. The van der Waals surface area contributed by atoms with Crippen molar-refractivity contribution in [1.29, 1.82) is 0 Å². The molecule has 9 N–H and O–H groups in total. The summed E-state index contributed by atoms with van der Waals surface area (Å²) < 4.78 is 35.5. The van der Waals surface area contributed by atoms with Gasteiger partial charge in [0.15, 0.2) is 31.5 Å². The smallest absolute Gasteiger partial charge is 0.189 e. The van der Waals surface area contributed by atoms with E-state index in [1.807, 2.05) is 0 Å². The van der Waals surface area contributed by atoms with E-state index in [9.17, 15) is 46.0 Å². The first kappa shape index (κ1) is 43.4. The van der Waals surface area contributed by atoms with E-state index >= 15 is 0 Å². The molecule has 9 aliphatic rings. The number of rotatable bonds is 6. The van der Waals surface area contributed by atoms with Gasteiger partial charge in [-0.05, 0) is 111 Å². The van der Waals surface area contributed by atoms with Gasteiger partial charge in [-0.15, -0.1) is 0 Å². The van der Waals surface area contributed by atoms with Crippen molar-refractivity contribution in [2.75, 3.05) is 6.54 Å². The number of fused-ring (bicyclic) bond motifs is 9. The Labute approximate surface area is 346 Å². The fourth-order valence-corrected chi connectivity index (χ4v) is 14.3. The first-order chi connectivity index (χ1) is 27.9. The monoisotopic (exact) mass is 839 g/mol. The zero-order chi connectivity index (χ0) is 42.0. The van der Waals surface area contributed by atoms with Crippen molar-refractivity contribution in [3.8, 4) is 0 Å². The summed E-state index contributed by atoms with van der Waals surface area (Å²) in [6, 6.07) is 1.42. The highest BCUT2D eigenvalue weighted by molar-refractivity contribution is 5.27. The summed E-state index contributed by atoms with van der Waals surface area (Å²) in [5, 5.41) is 95.4. The van der Waals surface area contributed by atoms with Crippen molar-refractivity contribution in [3.05, 3.63) is 11.6 Å². The molecule has 59 heavy (non-hydrogen) atoms. The van der Waals surface area contributed by atoms with Gasteiger partial charge < -0.3 is 74.4 Å². The molecule has 0 spiro atoms. The van der Waals surface area contributed by atoms with Crippen LogP contribution in [0.1, 0.15) is 92.4 Å². The van der Waals surface area contributed by atoms with Crippen LogP contribution in [0.3, 0.4) is 0 Å². The van der Waals surface area contributed by atoms with Gasteiger partial charge in [-0.1, -0.05) is 39.3 Å². The third-order valence-corrected chi connectivity index (χ3v) is 17.4. The Hall–Kier alpha value is -0.900. The summed E-state index contributed by atoms with van der Waals surface area (Å²) in [7, 11) is 0. The molecule has 336 valence electrons. The Bertz CT molecular complexity index is 1560. The Morgan fingerprint density at radius 3 is 2.05 bits per heavy atom. The largest absolute Gasteiger partial charge is 0.388 e. The molecule has 9 rings (SSSR count). The van der Waals surface area contributed by atoms with Crippen LogP contribution < -0.4 is 0 Å². The van der Waals surface area contributed by atoms with Crippen LogP contribution in [0.15, 0.2) is 11.6 Å². The zero-order valence-electron chi connectivity index (χ0n) is 34.9. The average Bonchev–Trinajstić information content (AvgIpc) is 3.67. The lowest BCUT2D eigenvalue weighted by Crippen LogP contribution is -2.66. The maximum atomic E-state index is 11.2. The van der Waals surface area contributed by atoms with Crippen LogP contribution in [0.25, 0.3) is 0 Å². The molecule has 16 heteroatoms. The van der Waals surface area contributed by atoms with Crippen LogP contribution in [0.2, 0.25) is 0 Å². The molecule has 5 heterocycles. The number of hydrogen-bond acceptors (Lipinski definition) is 16. The van der Waals surface area contributed by atoms with Crippen LogP contribution in [-0.4, -0.2) is 168 Å². The highest BCUT2D eigenvalue weighted by atomic mass is 16.8. The molecule has 0 aromatic carbocycles. The van der Waals surface area contributed by atoms with Gasteiger partial charge in [0, 0.05) is 18.6 Å². The van der Waals surface area contributed by atoms with E-state index in [2.05, 4.69) is 38.7 Å². The summed E-state index contributed by atoms with van der Waals surface area (Å²) >= 11 is 0. The van der Waals surface area contributed by atoms with Crippen molar-refractivity contribution in [2.45, 2.75) is 203 Å². The number of hydrogen-bond donors (Lipinski definition) is 9. The molecule has 26 unspecified atom stereocenters. The maximum Gasteiger partial charge on any atom is 0.189 e. The molecule has 4 aliphatic carbocycles. The van der Waals surface area contributed by atoms with Gasteiger partial charge >= 0.3 is 0 Å². The molecular formula is C43H69NO15. The third-order valence-electron chi connectivity index (χ3n) is 17.4. The van der Waals surface area contributed by atoms with Crippen molar-refractivity contribution >= 4 is 0 Å². The summed E-state index contributed by atoms with van der Waals surface area (Å²) in [6.07, 6.45) is -13.7. The van der Waals surface area contributed by atoms with E-state index in [4.69, 9.17) is 28.4 Å². The van der Waals surface area contributed by atoms with E-state index < -0.39 is 98.6 Å². The van der Waals surface area contributed by atoms with Gasteiger partial charge in [0.2, 0.25) is 0 Å². The van der Waals surface area contributed by atoms with E-state index in [1.54, 1.807) is 0 Å². The predicted octanol–water partition coefficient (Wildman–Crippen LogP) is 0.0702. The highest BCUT2D eigenvalue weighted by Crippen LogP contribution is 2.70. The summed E-state index contributed by atoms with van der Waals surface area (Å²) in [4.78, 5) is 2.93. The second-order valence-corrected chi connectivity index (χ2v) is 20.6. The van der Waals surface area contributed by atoms with E-state index in [1.165, 1.54) is 51.1 Å². The molecule has 16 nitrogen and oxygen atoms in total. The number of ether oxygens (including phenoxy) is 6. The standard InChI is InChI=1S/C43H69NO15/c1-17-6-9-25-18(2)27-26(44(25)16-17)15-24-22-8-7-20-14-21(10-12-42(20,4)23(22)11-13-43(24,27)5)55-41-36(57-39-32(49)29(46)28(45)19(3)54-39)35(34(51)38(53)59-41)56-40-33(50)30(47)31(48)37(52)58-40/h7,17-19,21-41,45-53H,6,8-16H2,1-5H3. The molecule has 0 bridgehead atoms. The fraction of sp³-hybridized carbons (Fsp3) is 0.953. The van der Waals surface area contributed by atoms with Gasteiger partial charge in [-0.2, -0.15) is 0 Å². The fourth-order valence-electron chi connectivity index (χ4n) is 14.3. The first-order valence-electron chi connectivity index (χ1n) is 22.4. The van der Waals surface area contributed by atoms with Crippen LogP contribution >= 0.6 is 0 Å². The number of aliphatic hydroxyl groups excluding tert-OH is 9. The van der Waals surface area contributed by atoms with E-state index in [0.29, 0.717) is 42.1 Å². The molecule has 5 aliphatic heterocycles. The lowest BCUT2D eigenvalue weighted by Gasteiger charge is -2.58. The van der Waals surface area contributed by atoms with Crippen LogP contribution in [0.4, 0.5) is 0 Å². The van der Waals surface area contributed by atoms with Crippen molar-refractivity contribution in [3.63, 3.8) is 0 Å². The molecule has 5 saturated heterocycles. The molecule has 0 aromatic rings. The van der Waals surface area contributed by atoms with Gasteiger partial charge in [0.25, 0.3) is 0 Å². The minimum Gasteiger partial charge on any atom is -0.388 e. The lowest BCUT2D eigenvalue weighted by molar-refractivity contribution is -0.415. The normalized spacial score (nSPS) is 58.8. The Kier molecular flexibility index (Phi) is 11.7. The summed E-state index contributed by atoms with van der Waals surface area (Å²) in [6.45, 7) is 12.7. The third kappa shape index (κ3) is 7.02. The molecule has 0 aromatic heterocycles. The van der Waals surface area contributed by atoms with Gasteiger partial charge in [-0.3, -0.25) is 4.90 Å². The van der Waals surface area contributed by atoms with Crippen molar-refractivity contribution in [2.24, 2.45) is 46.3 Å². The minimum atomic E-state index is -1.96. The topological polar surface area (TPSA) is 241 Å². The quantitative estimate of drug-likeness (QED) is 0.161. The zero-order valence-corrected chi connectivity index (χ0v) is 34.9. The lowest BCUT2D eigenvalue weighted by atomic mass is 9.47. The number of piperidine rings is 1. The van der Waals surface area contributed by atoms with Crippen molar-refractivity contribution < 1.29 is 74.4 Å². The molecule has 3 saturated carbocycles. The number of allylic oxidation sites excluding steroid dienone is 1. The highest BCUT2D eigenvalue weighted by Gasteiger charge is 2.66. The summed E-state index contributed by atoms with van der Waals surface area (Å²) in [5.41, 5.74) is 1.68. The van der Waals surface area contributed by atoms with E-state index in [0.717, 1.165) is 36.6 Å². The van der Waals surface area contributed by atoms with Gasteiger partial charge in [0.05, 0.1) is 12.2 Å². The molecule has 8 fully saturated rings. The molecule has 26 atom stereocenters. The SMILES string of the molecule is CC1CCC2C(C)C3C(CC4C5CC=C6CC(OC7OC(O)C(O)C(OC8OC(O)C(O)C(O)C8O)C7OC7OC(C)C(O)C(O)C7O)CCC6(C)C5CCC43C)N2C1. The van der Waals surface area contributed by atoms with Crippen LogP contribution in [0, 0.1) is 46.3 Å². The minimum absolute atomic E-state index is 0.00582. The average molecular weight is 840 g/mol. The Morgan fingerprint density at radius 2 is 1.31 bits per heavy atom. The summed E-state index contributed by atoms with van der Waals surface area (Å²) in [5.74, 6) is 4.12. The van der Waals surface area contributed by atoms with Crippen molar-refractivity contribution in [1.82, 2.24) is 4.90 Å². The second kappa shape index (κ2) is 16.0. The second-order valence-electron chi connectivity index (χ2n) is 20.6. The first-order valence-corrected chi connectivity index (χ1v) is 22.4. The van der Waals surface area contributed by atoms with Gasteiger partial charge in [0.1, 0.15) is 54.9 Å². The maximum absolute atomic E-state index is 11.2. The van der Waals surface area contributed by atoms with Gasteiger partial charge in [-0.25, -0.2) is 0 Å². The molecule has 0 amide bonds. The molecular weight excluding hydrogens is 770 g/mol. The molecule has 0 radical (unpaired) electrons. The Balaban J connectivity index is 0.939. The predicted molar refractivity (Wildman–Crippen MR) is 205 cm³/mol. The van der Waals surface area contributed by atoms with Crippen LogP contribution in [0.5, 0.6) is 0 Å².